The summed E-state index contributed by atoms with van der Waals surface area (Å²) in [4.78, 5) is 13.5. The Balaban J connectivity index is 2.18. The lowest BCUT2D eigenvalue weighted by molar-refractivity contribution is -0.144. The van der Waals surface area contributed by atoms with E-state index in [0.29, 0.717) is 30.5 Å². The van der Waals surface area contributed by atoms with Gasteiger partial charge in [0, 0.05) is 19.6 Å². The number of rotatable bonds is 5. The van der Waals surface area contributed by atoms with E-state index in [1.54, 1.807) is 14.2 Å². The minimum absolute atomic E-state index is 0.289. The minimum Gasteiger partial charge on any atom is -0.493 e. The van der Waals surface area contributed by atoms with Crippen LogP contribution in [0.25, 0.3) is 0 Å². The number of halogens is 1. The molecule has 0 spiro atoms. The van der Waals surface area contributed by atoms with Gasteiger partial charge in [0.15, 0.2) is 11.5 Å². The van der Waals surface area contributed by atoms with Crippen molar-refractivity contribution in [2.75, 3.05) is 27.3 Å². The van der Waals surface area contributed by atoms with Crippen molar-refractivity contribution in [1.29, 1.82) is 0 Å². The first-order valence-electron chi connectivity index (χ1n) is 7.30. The van der Waals surface area contributed by atoms with Crippen LogP contribution in [0.4, 0.5) is 0 Å². The van der Waals surface area contributed by atoms with Crippen LogP contribution in [0.15, 0.2) is 16.6 Å². The highest BCUT2D eigenvalue weighted by Crippen LogP contribution is 2.38. The van der Waals surface area contributed by atoms with E-state index in [4.69, 9.17) is 9.47 Å². The average Bonchev–Trinajstić information content (AvgIpc) is 2.48. The molecule has 6 heteroatoms. The highest BCUT2D eigenvalue weighted by molar-refractivity contribution is 9.10. The fraction of sp³-hybridized carbons (Fsp3) is 0.562. The Morgan fingerprint density at radius 2 is 2.09 bits per heavy atom. The fourth-order valence-electron chi connectivity index (χ4n) is 3.06. The number of nitrogens with zero attached hydrogens (tertiary/aromatic N) is 1. The number of likely N-dealkylation sites (tertiary alicyclic amines) is 1. The summed E-state index contributed by atoms with van der Waals surface area (Å²) in [6.45, 7) is 4.28. The van der Waals surface area contributed by atoms with Crippen molar-refractivity contribution in [2.45, 2.75) is 19.9 Å². The highest BCUT2D eigenvalue weighted by atomic mass is 79.9. The third-order valence-corrected chi connectivity index (χ3v) is 4.91. The van der Waals surface area contributed by atoms with Crippen LogP contribution in [-0.4, -0.2) is 43.3 Å². The normalized spacial score (nSPS) is 22.4. The minimum atomic E-state index is -0.706. The van der Waals surface area contributed by atoms with Gasteiger partial charge in [0.25, 0.3) is 0 Å². The van der Waals surface area contributed by atoms with Crippen LogP contribution in [-0.2, 0) is 11.3 Å². The standard InChI is InChI=1S/C16H22BrNO4/c1-10-6-12(16(19)20)9-18(7-10)8-11-4-5-13(21-2)15(22-3)14(11)17/h4-5,10,12H,6-9H2,1-3H3,(H,19,20). The van der Waals surface area contributed by atoms with Gasteiger partial charge in [0.2, 0.25) is 0 Å². The van der Waals surface area contributed by atoms with Crippen molar-refractivity contribution >= 4 is 21.9 Å². The topological polar surface area (TPSA) is 59.0 Å². The molecule has 5 nitrogen and oxygen atoms in total. The van der Waals surface area contributed by atoms with Crippen molar-refractivity contribution in [3.8, 4) is 11.5 Å². The second-order valence-electron chi connectivity index (χ2n) is 5.84. The molecule has 1 aromatic carbocycles. The Bertz CT molecular complexity index is 549. The van der Waals surface area contributed by atoms with Gasteiger partial charge in [-0.1, -0.05) is 13.0 Å². The third kappa shape index (κ3) is 3.73. The third-order valence-electron chi connectivity index (χ3n) is 4.04. The molecule has 2 unspecified atom stereocenters. The Morgan fingerprint density at radius 3 is 2.68 bits per heavy atom. The number of ether oxygens (including phenoxy) is 2. The maximum Gasteiger partial charge on any atom is 0.307 e. The summed E-state index contributed by atoms with van der Waals surface area (Å²) in [5.41, 5.74) is 1.07. The number of methoxy groups -OCH3 is 2. The van der Waals surface area contributed by atoms with E-state index < -0.39 is 5.97 Å². The number of carboxylic acids is 1. The number of piperidine rings is 1. The van der Waals surface area contributed by atoms with Crippen LogP contribution in [0, 0.1) is 11.8 Å². The number of carboxylic acid groups (broad SMARTS) is 1. The first kappa shape index (κ1) is 17.1. The molecule has 1 N–H and O–H groups in total. The van der Waals surface area contributed by atoms with Gasteiger partial charge >= 0.3 is 5.97 Å². The predicted octanol–water partition coefficient (Wildman–Crippen LogP) is 3.01. The number of aliphatic carboxylic acids is 1. The SMILES string of the molecule is COc1ccc(CN2CC(C)CC(C(=O)O)C2)c(Br)c1OC. The van der Waals surface area contributed by atoms with E-state index in [9.17, 15) is 9.90 Å². The molecule has 122 valence electrons. The summed E-state index contributed by atoms with van der Waals surface area (Å²) in [6.07, 6.45) is 0.749. The molecule has 2 atom stereocenters. The Kier molecular flexibility index (Phi) is 5.69. The lowest BCUT2D eigenvalue weighted by Crippen LogP contribution is -2.42. The zero-order valence-electron chi connectivity index (χ0n) is 13.1. The average molecular weight is 372 g/mol. The molecule has 0 saturated carbocycles. The second-order valence-corrected chi connectivity index (χ2v) is 6.64. The summed E-state index contributed by atoms with van der Waals surface area (Å²) in [6, 6.07) is 3.86. The summed E-state index contributed by atoms with van der Waals surface area (Å²) < 4.78 is 11.5. The molecule has 1 fully saturated rings. The lowest BCUT2D eigenvalue weighted by Gasteiger charge is -2.35. The number of hydrogen-bond acceptors (Lipinski definition) is 4. The quantitative estimate of drug-likeness (QED) is 0.861. The summed E-state index contributed by atoms with van der Waals surface area (Å²) in [5.74, 6) is 0.729. The van der Waals surface area contributed by atoms with E-state index >= 15 is 0 Å². The number of carbonyl (C=O) groups is 1. The first-order valence-corrected chi connectivity index (χ1v) is 8.10. The lowest BCUT2D eigenvalue weighted by atomic mass is 9.90. The Hall–Kier alpha value is -1.27. The van der Waals surface area contributed by atoms with Crippen molar-refractivity contribution in [1.82, 2.24) is 4.90 Å². The summed E-state index contributed by atoms with van der Waals surface area (Å²) in [5, 5.41) is 9.27. The van der Waals surface area contributed by atoms with E-state index in [1.807, 2.05) is 12.1 Å². The molecule has 0 radical (unpaired) electrons. The zero-order chi connectivity index (χ0) is 16.3. The van der Waals surface area contributed by atoms with Gasteiger partial charge in [-0.05, 0) is 39.9 Å². The molecule has 1 aromatic rings. The molecule has 0 aromatic heterocycles. The zero-order valence-corrected chi connectivity index (χ0v) is 14.7. The molecule has 1 heterocycles. The van der Waals surface area contributed by atoms with Crippen molar-refractivity contribution in [3.63, 3.8) is 0 Å². The van der Waals surface area contributed by atoms with Crippen LogP contribution in [0.1, 0.15) is 18.9 Å². The van der Waals surface area contributed by atoms with Crippen LogP contribution in [0.3, 0.4) is 0 Å². The van der Waals surface area contributed by atoms with Crippen molar-refractivity contribution < 1.29 is 19.4 Å². The van der Waals surface area contributed by atoms with Crippen molar-refractivity contribution in [3.05, 3.63) is 22.2 Å². The van der Waals surface area contributed by atoms with Crippen molar-refractivity contribution in [2.24, 2.45) is 11.8 Å². The Morgan fingerprint density at radius 1 is 1.36 bits per heavy atom. The molecule has 1 saturated heterocycles. The van der Waals surface area contributed by atoms with Gasteiger partial charge in [-0.25, -0.2) is 0 Å². The Labute approximate surface area is 139 Å². The predicted molar refractivity (Wildman–Crippen MR) is 87.4 cm³/mol. The van der Waals surface area contributed by atoms with Crippen LogP contribution in [0.5, 0.6) is 11.5 Å². The molecule has 22 heavy (non-hydrogen) atoms. The molecular formula is C16H22BrNO4. The highest BCUT2D eigenvalue weighted by Gasteiger charge is 2.29. The fourth-order valence-corrected chi connectivity index (χ4v) is 3.68. The maximum absolute atomic E-state index is 11.3. The monoisotopic (exact) mass is 371 g/mol. The molecule has 2 rings (SSSR count). The van der Waals surface area contributed by atoms with Gasteiger partial charge < -0.3 is 14.6 Å². The van der Waals surface area contributed by atoms with E-state index in [2.05, 4.69) is 27.8 Å². The van der Waals surface area contributed by atoms with Gasteiger partial charge in [-0.15, -0.1) is 0 Å². The molecular weight excluding hydrogens is 350 g/mol. The molecule has 0 bridgehead atoms. The smallest absolute Gasteiger partial charge is 0.307 e. The molecule has 1 aliphatic heterocycles. The molecule has 1 aliphatic rings. The number of benzene rings is 1. The molecule has 0 amide bonds. The largest absolute Gasteiger partial charge is 0.493 e. The number of hydrogen-bond donors (Lipinski definition) is 1. The van der Waals surface area contributed by atoms with Crippen LogP contribution >= 0.6 is 15.9 Å². The molecule has 0 aliphatic carbocycles. The van der Waals surface area contributed by atoms with Gasteiger partial charge in [-0.3, -0.25) is 9.69 Å². The second kappa shape index (κ2) is 7.33. The van der Waals surface area contributed by atoms with Gasteiger partial charge in [0.05, 0.1) is 24.6 Å². The van der Waals surface area contributed by atoms with Gasteiger partial charge in [0.1, 0.15) is 0 Å². The first-order chi connectivity index (χ1) is 10.5. The summed E-state index contributed by atoms with van der Waals surface area (Å²) >= 11 is 3.57. The maximum atomic E-state index is 11.3. The van der Waals surface area contributed by atoms with Gasteiger partial charge in [-0.2, -0.15) is 0 Å². The van der Waals surface area contributed by atoms with Crippen LogP contribution < -0.4 is 9.47 Å². The summed E-state index contributed by atoms with van der Waals surface area (Å²) in [7, 11) is 3.21. The van der Waals surface area contributed by atoms with E-state index in [1.165, 1.54) is 0 Å². The van der Waals surface area contributed by atoms with Crippen LogP contribution in [0.2, 0.25) is 0 Å². The van der Waals surface area contributed by atoms with E-state index in [-0.39, 0.29) is 5.92 Å². The van der Waals surface area contributed by atoms with E-state index in [0.717, 1.165) is 23.0 Å².